The lowest BCUT2D eigenvalue weighted by Gasteiger charge is -2.34. The van der Waals surface area contributed by atoms with Crippen LogP contribution in [0.3, 0.4) is 0 Å². The molecular formula is C23H33FN6. The van der Waals surface area contributed by atoms with Gasteiger partial charge in [-0.2, -0.15) is 0 Å². The molecular weight excluding hydrogens is 379 g/mol. The van der Waals surface area contributed by atoms with Gasteiger partial charge in [0.15, 0.2) is 5.96 Å². The molecule has 7 heteroatoms. The first-order valence-electron chi connectivity index (χ1n) is 10.9. The van der Waals surface area contributed by atoms with Gasteiger partial charge in [0, 0.05) is 45.5 Å². The van der Waals surface area contributed by atoms with Crippen molar-refractivity contribution in [1.29, 1.82) is 0 Å². The minimum absolute atomic E-state index is 0.162. The highest BCUT2D eigenvalue weighted by molar-refractivity contribution is 5.79. The first kappa shape index (κ1) is 22.0. The number of piperazine rings is 1. The minimum Gasteiger partial charge on any atom is -0.357 e. The third-order valence-corrected chi connectivity index (χ3v) is 5.36. The van der Waals surface area contributed by atoms with Crippen molar-refractivity contribution in [2.24, 2.45) is 4.99 Å². The third kappa shape index (κ3) is 6.42. The molecule has 1 aromatic heterocycles. The fourth-order valence-electron chi connectivity index (χ4n) is 3.55. The largest absolute Gasteiger partial charge is 0.357 e. The molecule has 0 aliphatic carbocycles. The van der Waals surface area contributed by atoms with Crippen LogP contribution >= 0.6 is 0 Å². The van der Waals surface area contributed by atoms with Gasteiger partial charge in [-0.15, -0.1) is 0 Å². The maximum atomic E-state index is 13.8. The summed E-state index contributed by atoms with van der Waals surface area (Å²) in [7, 11) is 0. The molecule has 0 unspecified atom stereocenters. The molecule has 0 bridgehead atoms. The van der Waals surface area contributed by atoms with E-state index in [0.29, 0.717) is 25.1 Å². The second-order valence-corrected chi connectivity index (χ2v) is 7.41. The van der Waals surface area contributed by atoms with E-state index in [2.05, 4.69) is 38.4 Å². The second-order valence-electron chi connectivity index (χ2n) is 7.41. The van der Waals surface area contributed by atoms with Gasteiger partial charge in [0.1, 0.15) is 11.6 Å². The first-order chi connectivity index (χ1) is 14.7. The number of hydrogen-bond donors (Lipinski definition) is 2. The number of aromatic nitrogens is 1. The topological polar surface area (TPSA) is 55.8 Å². The maximum absolute atomic E-state index is 13.8. The number of benzene rings is 1. The van der Waals surface area contributed by atoms with Gasteiger partial charge in [0.25, 0.3) is 0 Å². The van der Waals surface area contributed by atoms with Crippen molar-refractivity contribution in [3.8, 4) is 0 Å². The van der Waals surface area contributed by atoms with Crippen LogP contribution < -0.4 is 15.5 Å². The van der Waals surface area contributed by atoms with Crippen molar-refractivity contribution in [1.82, 2.24) is 20.5 Å². The Labute approximate surface area is 179 Å². The average Bonchev–Trinajstić information content (AvgIpc) is 2.79. The highest BCUT2D eigenvalue weighted by atomic mass is 19.1. The van der Waals surface area contributed by atoms with Crippen molar-refractivity contribution >= 4 is 11.8 Å². The zero-order valence-corrected chi connectivity index (χ0v) is 18.1. The van der Waals surface area contributed by atoms with Crippen molar-refractivity contribution < 1.29 is 4.39 Å². The lowest BCUT2D eigenvalue weighted by atomic mass is 10.1. The molecule has 3 rings (SSSR count). The molecule has 6 nitrogen and oxygen atoms in total. The van der Waals surface area contributed by atoms with E-state index in [9.17, 15) is 4.39 Å². The molecule has 0 atom stereocenters. The number of anilines is 1. The number of hydrogen-bond acceptors (Lipinski definition) is 4. The van der Waals surface area contributed by atoms with Gasteiger partial charge in [-0.1, -0.05) is 25.1 Å². The van der Waals surface area contributed by atoms with Crippen LogP contribution in [-0.2, 0) is 13.0 Å². The normalized spacial score (nSPS) is 15.3. The third-order valence-electron chi connectivity index (χ3n) is 5.36. The molecule has 0 spiro atoms. The van der Waals surface area contributed by atoms with Gasteiger partial charge in [0.05, 0.1) is 6.54 Å². The number of nitrogens with one attached hydrogen (secondary N) is 2. The number of likely N-dealkylation sites (N-methyl/N-ethyl adjacent to an activating group) is 1. The highest BCUT2D eigenvalue weighted by Crippen LogP contribution is 2.15. The summed E-state index contributed by atoms with van der Waals surface area (Å²) < 4.78 is 13.8. The van der Waals surface area contributed by atoms with Crippen LogP contribution in [0.1, 0.15) is 25.0 Å². The summed E-state index contributed by atoms with van der Waals surface area (Å²) >= 11 is 0. The number of aliphatic imine (C=N–C) groups is 1. The molecule has 2 N–H and O–H groups in total. The number of guanidine groups is 1. The van der Waals surface area contributed by atoms with E-state index < -0.39 is 0 Å². The predicted octanol–water partition coefficient (Wildman–Crippen LogP) is 2.66. The Hall–Kier alpha value is -2.67. The summed E-state index contributed by atoms with van der Waals surface area (Å²) in [6, 6.07) is 11.0. The molecule has 1 aromatic carbocycles. The molecule has 0 radical (unpaired) electrons. The van der Waals surface area contributed by atoms with Crippen LogP contribution in [0.2, 0.25) is 0 Å². The molecule has 1 fully saturated rings. The Morgan fingerprint density at radius 3 is 2.63 bits per heavy atom. The molecule has 0 saturated carbocycles. The van der Waals surface area contributed by atoms with Crippen LogP contribution in [-0.4, -0.2) is 61.7 Å². The van der Waals surface area contributed by atoms with Crippen molar-refractivity contribution in [2.45, 2.75) is 26.8 Å². The number of halogens is 1. The zero-order valence-electron chi connectivity index (χ0n) is 18.1. The van der Waals surface area contributed by atoms with Gasteiger partial charge >= 0.3 is 0 Å². The lowest BCUT2D eigenvalue weighted by Crippen LogP contribution is -2.46. The lowest BCUT2D eigenvalue weighted by molar-refractivity contribution is 0.270. The van der Waals surface area contributed by atoms with Crippen LogP contribution in [0.15, 0.2) is 47.6 Å². The standard InChI is InChI=1S/C23H33FN6/c1-3-25-23(27-12-10-20-7-5-6-8-21(20)24)28-18-19-9-11-26-22(17-19)30-15-13-29(4-2)14-16-30/h5-9,11,17H,3-4,10,12-16,18H2,1-2H3,(H2,25,27,28). The summed E-state index contributed by atoms with van der Waals surface area (Å²) in [5.74, 6) is 1.60. The summed E-state index contributed by atoms with van der Waals surface area (Å²) in [5, 5.41) is 6.55. The van der Waals surface area contributed by atoms with E-state index in [-0.39, 0.29) is 5.82 Å². The number of pyridine rings is 1. The van der Waals surface area contributed by atoms with E-state index in [4.69, 9.17) is 4.99 Å². The number of rotatable bonds is 8. The Kier molecular flexibility index (Phi) is 8.44. The quantitative estimate of drug-likeness (QED) is 0.516. The van der Waals surface area contributed by atoms with E-state index >= 15 is 0 Å². The summed E-state index contributed by atoms with van der Waals surface area (Å²) in [4.78, 5) is 14.1. The minimum atomic E-state index is -0.162. The Bertz CT molecular complexity index is 817. The number of nitrogens with zero attached hydrogens (tertiary/aromatic N) is 4. The van der Waals surface area contributed by atoms with Crippen molar-refractivity contribution in [2.75, 3.05) is 50.7 Å². The second kappa shape index (κ2) is 11.5. The highest BCUT2D eigenvalue weighted by Gasteiger charge is 2.16. The summed E-state index contributed by atoms with van der Waals surface area (Å²) in [6.07, 6.45) is 2.48. The monoisotopic (exact) mass is 412 g/mol. The van der Waals surface area contributed by atoms with Crippen molar-refractivity contribution in [3.05, 3.63) is 59.5 Å². The molecule has 1 saturated heterocycles. The first-order valence-corrected chi connectivity index (χ1v) is 10.9. The fraction of sp³-hybridized carbons (Fsp3) is 0.478. The van der Waals surface area contributed by atoms with E-state index in [0.717, 1.165) is 56.6 Å². The van der Waals surface area contributed by atoms with Gasteiger partial charge in [0.2, 0.25) is 0 Å². The van der Waals surface area contributed by atoms with Gasteiger partial charge in [-0.25, -0.2) is 14.4 Å². The van der Waals surface area contributed by atoms with Gasteiger partial charge in [-0.05, 0) is 49.2 Å². The van der Waals surface area contributed by atoms with Crippen LogP contribution in [0.4, 0.5) is 10.2 Å². The molecule has 2 aromatic rings. The Morgan fingerprint density at radius 1 is 1.10 bits per heavy atom. The molecule has 1 aliphatic rings. The summed E-state index contributed by atoms with van der Waals surface area (Å²) in [6.45, 7) is 11.5. The van der Waals surface area contributed by atoms with Gasteiger partial charge in [-0.3, -0.25) is 0 Å². The summed E-state index contributed by atoms with van der Waals surface area (Å²) in [5.41, 5.74) is 1.84. The Balaban J connectivity index is 1.56. The zero-order chi connectivity index (χ0) is 21.2. The average molecular weight is 413 g/mol. The maximum Gasteiger partial charge on any atom is 0.191 e. The van der Waals surface area contributed by atoms with Crippen molar-refractivity contribution in [3.63, 3.8) is 0 Å². The molecule has 30 heavy (non-hydrogen) atoms. The molecule has 2 heterocycles. The predicted molar refractivity (Wildman–Crippen MR) is 121 cm³/mol. The fourth-order valence-corrected chi connectivity index (χ4v) is 3.55. The van der Waals surface area contributed by atoms with E-state index in [1.165, 1.54) is 6.07 Å². The molecule has 162 valence electrons. The van der Waals surface area contributed by atoms with Crippen LogP contribution in [0, 0.1) is 5.82 Å². The van der Waals surface area contributed by atoms with E-state index in [1.807, 2.05) is 31.3 Å². The van der Waals surface area contributed by atoms with E-state index in [1.54, 1.807) is 6.07 Å². The van der Waals surface area contributed by atoms with Crippen LogP contribution in [0.5, 0.6) is 0 Å². The molecule has 1 aliphatic heterocycles. The Morgan fingerprint density at radius 2 is 1.90 bits per heavy atom. The van der Waals surface area contributed by atoms with Crippen LogP contribution in [0.25, 0.3) is 0 Å². The molecule has 0 amide bonds. The van der Waals surface area contributed by atoms with Gasteiger partial charge < -0.3 is 20.4 Å². The smallest absolute Gasteiger partial charge is 0.191 e. The SMILES string of the molecule is CCNC(=NCc1ccnc(N2CCN(CC)CC2)c1)NCCc1ccccc1F.